The van der Waals surface area contributed by atoms with E-state index in [2.05, 4.69) is 15.1 Å². The smallest absolute Gasteiger partial charge is 0.341 e. The van der Waals surface area contributed by atoms with Gasteiger partial charge in [0.05, 0.1) is 17.1 Å². The van der Waals surface area contributed by atoms with Crippen molar-refractivity contribution in [2.45, 2.75) is 5.88 Å². The second-order valence-corrected chi connectivity index (χ2v) is 4.33. The monoisotopic (exact) mass is 274 g/mol. The van der Waals surface area contributed by atoms with Crippen LogP contribution in [0.3, 0.4) is 0 Å². The number of hydrogen-bond acceptors (Lipinski definition) is 4. The van der Waals surface area contributed by atoms with E-state index >= 15 is 0 Å². The number of fused-ring (bicyclic) bond motifs is 1. The molecule has 3 rings (SSSR count). The Bertz CT molecular complexity index is 725. The van der Waals surface area contributed by atoms with Crippen molar-refractivity contribution >= 4 is 22.5 Å². The van der Waals surface area contributed by atoms with E-state index in [4.69, 9.17) is 16.3 Å². The van der Waals surface area contributed by atoms with Crippen LogP contribution in [-0.4, -0.2) is 19.7 Å². The van der Waals surface area contributed by atoms with Gasteiger partial charge in [-0.05, 0) is 12.1 Å². The number of aryl methyl sites for hydroxylation is 1. The molecule has 3 aromatic rings. The normalized spacial score (nSPS) is 10.8. The molecule has 0 saturated heterocycles. The SMILES string of the molecule is Cn1cnc(Oc2cc(CCl)nc3ccccc23)n1. The molecule has 0 aliphatic heterocycles. The van der Waals surface area contributed by atoms with E-state index < -0.39 is 0 Å². The van der Waals surface area contributed by atoms with Gasteiger partial charge in [0.15, 0.2) is 0 Å². The summed E-state index contributed by atoms with van der Waals surface area (Å²) in [7, 11) is 1.79. The van der Waals surface area contributed by atoms with Crippen LogP contribution < -0.4 is 4.74 Å². The zero-order valence-electron chi connectivity index (χ0n) is 10.2. The summed E-state index contributed by atoms with van der Waals surface area (Å²) < 4.78 is 7.30. The number of benzene rings is 1. The summed E-state index contributed by atoms with van der Waals surface area (Å²) in [4.78, 5) is 8.49. The molecular weight excluding hydrogens is 264 g/mol. The van der Waals surface area contributed by atoms with Gasteiger partial charge in [0.2, 0.25) is 0 Å². The van der Waals surface area contributed by atoms with Gasteiger partial charge < -0.3 is 4.74 Å². The fraction of sp³-hybridized carbons (Fsp3) is 0.154. The number of para-hydroxylation sites is 1. The van der Waals surface area contributed by atoms with Crippen molar-refractivity contribution in [1.29, 1.82) is 0 Å². The summed E-state index contributed by atoms with van der Waals surface area (Å²) >= 11 is 5.85. The van der Waals surface area contributed by atoms with E-state index in [0.29, 0.717) is 17.6 Å². The molecule has 2 heterocycles. The lowest BCUT2D eigenvalue weighted by molar-refractivity contribution is 0.443. The minimum atomic E-state index is 0.305. The summed E-state index contributed by atoms with van der Waals surface area (Å²) in [5.41, 5.74) is 1.60. The van der Waals surface area contributed by atoms with E-state index in [1.807, 2.05) is 30.3 Å². The average Bonchev–Trinajstić information content (AvgIpc) is 2.84. The van der Waals surface area contributed by atoms with E-state index in [1.54, 1.807) is 18.1 Å². The summed E-state index contributed by atoms with van der Waals surface area (Å²) in [5, 5.41) is 5.00. The molecule has 0 radical (unpaired) electrons. The van der Waals surface area contributed by atoms with Gasteiger partial charge in [0.25, 0.3) is 0 Å². The van der Waals surface area contributed by atoms with Crippen LogP contribution in [0.2, 0.25) is 0 Å². The predicted octanol–water partition coefficient (Wildman–Crippen LogP) is 2.89. The number of ether oxygens (including phenoxy) is 1. The third kappa shape index (κ3) is 2.37. The second-order valence-electron chi connectivity index (χ2n) is 4.07. The Balaban J connectivity index is 2.10. The van der Waals surface area contributed by atoms with Gasteiger partial charge in [-0.15, -0.1) is 16.7 Å². The van der Waals surface area contributed by atoms with Crippen LogP contribution >= 0.6 is 11.6 Å². The molecule has 0 N–H and O–H groups in total. The minimum absolute atomic E-state index is 0.305. The van der Waals surface area contributed by atoms with Crippen molar-refractivity contribution in [1.82, 2.24) is 19.7 Å². The van der Waals surface area contributed by atoms with E-state index in [9.17, 15) is 0 Å². The largest absolute Gasteiger partial charge is 0.422 e. The molecule has 0 aliphatic carbocycles. The van der Waals surface area contributed by atoms with Crippen molar-refractivity contribution < 1.29 is 4.74 Å². The minimum Gasteiger partial charge on any atom is -0.422 e. The van der Waals surface area contributed by atoms with Gasteiger partial charge in [-0.2, -0.15) is 4.98 Å². The molecular formula is C13H11ClN4O. The molecule has 6 heteroatoms. The highest BCUT2D eigenvalue weighted by atomic mass is 35.5. The Labute approximate surface area is 114 Å². The Hall–Kier alpha value is -2.14. The van der Waals surface area contributed by atoms with E-state index in [0.717, 1.165) is 16.6 Å². The Morgan fingerprint density at radius 3 is 2.89 bits per heavy atom. The van der Waals surface area contributed by atoms with Gasteiger partial charge in [-0.25, -0.2) is 0 Å². The lowest BCUT2D eigenvalue weighted by Gasteiger charge is -2.07. The summed E-state index contributed by atoms with van der Waals surface area (Å²) in [6.45, 7) is 0. The average molecular weight is 275 g/mol. The van der Waals surface area contributed by atoms with Gasteiger partial charge in [-0.1, -0.05) is 12.1 Å². The highest BCUT2D eigenvalue weighted by molar-refractivity contribution is 6.17. The fourth-order valence-electron chi connectivity index (χ4n) is 1.81. The molecule has 1 aromatic carbocycles. The molecule has 19 heavy (non-hydrogen) atoms. The lowest BCUT2D eigenvalue weighted by atomic mass is 10.2. The summed E-state index contributed by atoms with van der Waals surface area (Å²) in [5.74, 6) is 0.990. The molecule has 5 nitrogen and oxygen atoms in total. The first-order valence-corrected chi connectivity index (χ1v) is 6.28. The molecule has 0 bridgehead atoms. The zero-order valence-corrected chi connectivity index (χ0v) is 11.0. The number of rotatable bonds is 3. The highest BCUT2D eigenvalue weighted by Gasteiger charge is 2.09. The van der Waals surface area contributed by atoms with Crippen LogP contribution in [0.25, 0.3) is 10.9 Å². The van der Waals surface area contributed by atoms with Gasteiger partial charge in [-0.3, -0.25) is 9.67 Å². The maximum absolute atomic E-state index is 5.85. The molecule has 96 valence electrons. The first-order valence-electron chi connectivity index (χ1n) is 5.74. The maximum Gasteiger partial charge on any atom is 0.341 e. The second kappa shape index (κ2) is 4.85. The van der Waals surface area contributed by atoms with E-state index in [1.165, 1.54) is 0 Å². The molecule has 0 spiro atoms. The molecule has 0 unspecified atom stereocenters. The standard InChI is InChI=1S/C13H11ClN4O/c1-18-8-15-13(17-18)19-12-6-9(7-14)16-11-5-3-2-4-10(11)12/h2-6,8H,7H2,1H3. The van der Waals surface area contributed by atoms with E-state index in [-0.39, 0.29) is 0 Å². The number of halogens is 1. The Morgan fingerprint density at radius 2 is 2.16 bits per heavy atom. The fourth-order valence-corrected chi connectivity index (χ4v) is 1.95. The van der Waals surface area contributed by atoms with Crippen LogP contribution in [0.1, 0.15) is 5.69 Å². The first-order chi connectivity index (χ1) is 9.26. The molecule has 2 aromatic heterocycles. The van der Waals surface area contributed by atoms with Crippen molar-refractivity contribution in [2.24, 2.45) is 7.05 Å². The van der Waals surface area contributed by atoms with Crippen molar-refractivity contribution in [3.05, 3.63) is 42.4 Å². The number of alkyl halides is 1. The molecule has 0 saturated carbocycles. The Kier molecular flexibility index (Phi) is 3.05. The van der Waals surface area contributed by atoms with Crippen LogP contribution in [0, 0.1) is 0 Å². The quantitative estimate of drug-likeness (QED) is 0.689. The topological polar surface area (TPSA) is 52.8 Å². The highest BCUT2D eigenvalue weighted by Crippen LogP contribution is 2.28. The third-order valence-electron chi connectivity index (χ3n) is 2.65. The maximum atomic E-state index is 5.85. The molecule has 0 amide bonds. The van der Waals surface area contributed by atoms with Crippen molar-refractivity contribution in [2.75, 3.05) is 0 Å². The van der Waals surface area contributed by atoms with Gasteiger partial charge in [0, 0.05) is 18.5 Å². The van der Waals surface area contributed by atoms with Gasteiger partial charge >= 0.3 is 6.01 Å². The van der Waals surface area contributed by atoms with Crippen molar-refractivity contribution in [3.63, 3.8) is 0 Å². The summed E-state index contributed by atoms with van der Waals surface area (Å²) in [6, 6.07) is 9.84. The molecule has 0 fully saturated rings. The van der Waals surface area contributed by atoms with Crippen LogP contribution in [0.4, 0.5) is 0 Å². The Morgan fingerprint density at radius 1 is 1.32 bits per heavy atom. The number of hydrogen-bond donors (Lipinski definition) is 0. The van der Waals surface area contributed by atoms with Crippen LogP contribution in [-0.2, 0) is 12.9 Å². The predicted molar refractivity (Wildman–Crippen MR) is 72.4 cm³/mol. The number of nitrogens with zero attached hydrogens (tertiary/aromatic N) is 4. The van der Waals surface area contributed by atoms with Gasteiger partial charge in [0.1, 0.15) is 12.1 Å². The van der Waals surface area contributed by atoms with Crippen molar-refractivity contribution in [3.8, 4) is 11.8 Å². The zero-order chi connectivity index (χ0) is 13.2. The van der Waals surface area contributed by atoms with Crippen LogP contribution in [0.15, 0.2) is 36.7 Å². The summed E-state index contributed by atoms with van der Waals surface area (Å²) in [6.07, 6.45) is 1.58. The molecule has 0 aliphatic rings. The molecule has 0 atom stereocenters. The first kappa shape index (κ1) is 11.9. The number of aromatic nitrogens is 4. The number of pyridine rings is 1. The van der Waals surface area contributed by atoms with Crippen LogP contribution in [0.5, 0.6) is 11.8 Å². The third-order valence-corrected chi connectivity index (χ3v) is 2.92. The lowest BCUT2D eigenvalue weighted by Crippen LogP contribution is -1.94.